The van der Waals surface area contributed by atoms with Crippen LogP contribution in [0.5, 0.6) is 0 Å². The van der Waals surface area contributed by atoms with Crippen molar-refractivity contribution in [3.63, 3.8) is 0 Å². The molecule has 0 unspecified atom stereocenters. The smallest absolute Gasteiger partial charge is 0.242 e. The van der Waals surface area contributed by atoms with E-state index in [0.717, 1.165) is 12.8 Å². The quantitative estimate of drug-likeness (QED) is 0.710. The normalized spacial score (nSPS) is 17.5. The molecule has 0 aromatic heterocycles. The Kier molecular flexibility index (Phi) is 3.92. The van der Waals surface area contributed by atoms with E-state index in [1.54, 1.807) is 4.90 Å². The molecule has 2 amide bonds. The fourth-order valence-electron chi connectivity index (χ4n) is 1.50. The van der Waals surface area contributed by atoms with Crippen LogP contribution in [-0.2, 0) is 9.59 Å². The van der Waals surface area contributed by atoms with Gasteiger partial charge in [-0.2, -0.15) is 0 Å². The molecule has 0 spiro atoms. The van der Waals surface area contributed by atoms with Crippen LogP contribution in [0.25, 0.3) is 0 Å². The maximum absolute atomic E-state index is 11.3. The van der Waals surface area contributed by atoms with Gasteiger partial charge >= 0.3 is 0 Å². The highest BCUT2D eigenvalue weighted by molar-refractivity contribution is 5.92. The van der Waals surface area contributed by atoms with Crippen molar-refractivity contribution >= 4 is 11.8 Å². The number of nitrogens with one attached hydrogen (secondary N) is 1. The third-order valence-corrected chi connectivity index (χ3v) is 2.33. The van der Waals surface area contributed by atoms with Crippen molar-refractivity contribution in [1.29, 1.82) is 0 Å². The van der Waals surface area contributed by atoms with Crippen molar-refractivity contribution in [2.75, 3.05) is 19.6 Å². The predicted octanol–water partition coefficient (Wildman–Crippen LogP) is 0.381. The van der Waals surface area contributed by atoms with Gasteiger partial charge in [-0.05, 0) is 18.8 Å². The fourth-order valence-corrected chi connectivity index (χ4v) is 1.50. The van der Waals surface area contributed by atoms with E-state index in [9.17, 15) is 9.59 Å². The standard InChI is InChI=1S/C10H18N2O2/c1-8(2)4-3-5-12-7-9(13)11-6-10(12)14/h8H,3-7H2,1-2H3,(H,11,13). The van der Waals surface area contributed by atoms with Crippen LogP contribution in [-0.4, -0.2) is 36.3 Å². The van der Waals surface area contributed by atoms with Crippen LogP contribution >= 0.6 is 0 Å². The third-order valence-electron chi connectivity index (χ3n) is 2.33. The minimum Gasteiger partial charge on any atom is -0.345 e. The summed E-state index contributed by atoms with van der Waals surface area (Å²) in [6.45, 7) is 5.43. The summed E-state index contributed by atoms with van der Waals surface area (Å²) in [7, 11) is 0. The van der Waals surface area contributed by atoms with Gasteiger partial charge in [-0.15, -0.1) is 0 Å². The van der Waals surface area contributed by atoms with Crippen LogP contribution in [0.15, 0.2) is 0 Å². The second-order valence-electron chi connectivity index (χ2n) is 4.13. The molecule has 4 nitrogen and oxygen atoms in total. The molecule has 0 radical (unpaired) electrons. The van der Waals surface area contributed by atoms with E-state index in [4.69, 9.17) is 0 Å². The Labute approximate surface area is 84.7 Å². The molecular weight excluding hydrogens is 180 g/mol. The third kappa shape index (κ3) is 3.36. The Bertz CT molecular complexity index is 226. The highest BCUT2D eigenvalue weighted by Crippen LogP contribution is 2.05. The first-order valence-corrected chi connectivity index (χ1v) is 5.14. The van der Waals surface area contributed by atoms with Gasteiger partial charge in [0.2, 0.25) is 11.8 Å². The highest BCUT2D eigenvalue weighted by Gasteiger charge is 2.22. The lowest BCUT2D eigenvalue weighted by Gasteiger charge is -2.26. The maximum atomic E-state index is 11.3. The Morgan fingerprint density at radius 3 is 2.79 bits per heavy atom. The Morgan fingerprint density at radius 1 is 1.43 bits per heavy atom. The first kappa shape index (κ1) is 11.0. The van der Waals surface area contributed by atoms with Gasteiger partial charge in [0.05, 0.1) is 13.1 Å². The van der Waals surface area contributed by atoms with Crippen molar-refractivity contribution in [1.82, 2.24) is 10.2 Å². The number of carbonyl (C=O) groups excluding carboxylic acids is 2. The van der Waals surface area contributed by atoms with Crippen molar-refractivity contribution in [3.05, 3.63) is 0 Å². The summed E-state index contributed by atoms with van der Waals surface area (Å²) in [5.41, 5.74) is 0. The van der Waals surface area contributed by atoms with Crippen LogP contribution in [0.3, 0.4) is 0 Å². The van der Waals surface area contributed by atoms with Gasteiger partial charge in [0, 0.05) is 6.54 Å². The van der Waals surface area contributed by atoms with Crippen molar-refractivity contribution < 1.29 is 9.59 Å². The molecule has 0 aromatic rings. The summed E-state index contributed by atoms with van der Waals surface area (Å²) in [4.78, 5) is 24.0. The first-order valence-electron chi connectivity index (χ1n) is 5.14. The highest BCUT2D eigenvalue weighted by atomic mass is 16.2. The molecule has 1 aliphatic heterocycles. The topological polar surface area (TPSA) is 49.4 Å². The number of nitrogens with zero attached hydrogens (tertiary/aromatic N) is 1. The first-order chi connectivity index (χ1) is 6.59. The summed E-state index contributed by atoms with van der Waals surface area (Å²) in [5.74, 6) is 0.645. The van der Waals surface area contributed by atoms with Gasteiger partial charge < -0.3 is 10.2 Å². The van der Waals surface area contributed by atoms with Crippen LogP contribution in [0.2, 0.25) is 0 Å². The maximum Gasteiger partial charge on any atom is 0.242 e. The number of carbonyl (C=O) groups is 2. The van der Waals surface area contributed by atoms with E-state index in [-0.39, 0.29) is 24.9 Å². The number of rotatable bonds is 4. The monoisotopic (exact) mass is 198 g/mol. The van der Waals surface area contributed by atoms with E-state index < -0.39 is 0 Å². The van der Waals surface area contributed by atoms with Gasteiger partial charge in [0.15, 0.2) is 0 Å². The number of piperazine rings is 1. The molecule has 1 aliphatic rings. The average molecular weight is 198 g/mol. The van der Waals surface area contributed by atoms with Gasteiger partial charge in [-0.1, -0.05) is 13.8 Å². The van der Waals surface area contributed by atoms with E-state index in [1.165, 1.54) is 0 Å². The molecule has 1 saturated heterocycles. The van der Waals surface area contributed by atoms with Crippen molar-refractivity contribution in [3.8, 4) is 0 Å². The van der Waals surface area contributed by atoms with E-state index in [1.807, 2.05) is 0 Å². The van der Waals surface area contributed by atoms with Crippen molar-refractivity contribution in [2.45, 2.75) is 26.7 Å². The second-order valence-corrected chi connectivity index (χ2v) is 4.13. The minimum atomic E-state index is -0.0471. The summed E-state index contributed by atoms with van der Waals surface area (Å²) in [5, 5.41) is 2.53. The zero-order valence-corrected chi connectivity index (χ0v) is 8.88. The van der Waals surface area contributed by atoms with Gasteiger partial charge in [-0.25, -0.2) is 0 Å². The predicted molar refractivity (Wildman–Crippen MR) is 53.7 cm³/mol. The molecular formula is C10H18N2O2. The molecule has 0 bridgehead atoms. The lowest BCUT2D eigenvalue weighted by Crippen LogP contribution is -2.51. The van der Waals surface area contributed by atoms with Crippen LogP contribution in [0, 0.1) is 5.92 Å². The number of hydrogen-bond donors (Lipinski definition) is 1. The summed E-state index contributed by atoms with van der Waals surface area (Å²) < 4.78 is 0. The molecule has 0 atom stereocenters. The largest absolute Gasteiger partial charge is 0.345 e. The summed E-state index contributed by atoms with van der Waals surface area (Å²) in [6.07, 6.45) is 2.09. The second kappa shape index (κ2) is 4.98. The van der Waals surface area contributed by atoms with Crippen molar-refractivity contribution in [2.24, 2.45) is 5.92 Å². The summed E-state index contributed by atoms with van der Waals surface area (Å²) >= 11 is 0. The van der Waals surface area contributed by atoms with E-state index in [2.05, 4.69) is 19.2 Å². The molecule has 0 saturated carbocycles. The van der Waals surface area contributed by atoms with Gasteiger partial charge in [0.1, 0.15) is 0 Å². The zero-order valence-electron chi connectivity index (χ0n) is 8.88. The van der Waals surface area contributed by atoms with Gasteiger partial charge in [0.25, 0.3) is 0 Å². The summed E-state index contributed by atoms with van der Waals surface area (Å²) in [6, 6.07) is 0. The molecule has 14 heavy (non-hydrogen) atoms. The van der Waals surface area contributed by atoms with E-state index in [0.29, 0.717) is 12.5 Å². The average Bonchev–Trinajstić information content (AvgIpc) is 2.10. The molecule has 0 aromatic carbocycles. The molecule has 1 fully saturated rings. The number of hydrogen-bond acceptors (Lipinski definition) is 2. The minimum absolute atomic E-state index is 0.0355. The SMILES string of the molecule is CC(C)CCCN1CC(=O)NCC1=O. The van der Waals surface area contributed by atoms with Crippen LogP contribution < -0.4 is 5.32 Å². The number of amides is 2. The zero-order chi connectivity index (χ0) is 10.6. The molecule has 4 heteroatoms. The molecule has 1 heterocycles. The van der Waals surface area contributed by atoms with Crippen LogP contribution in [0.4, 0.5) is 0 Å². The molecule has 0 aliphatic carbocycles. The lowest BCUT2D eigenvalue weighted by molar-refractivity contribution is -0.140. The Balaban J connectivity index is 2.27. The molecule has 1 N–H and O–H groups in total. The molecule has 1 rings (SSSR count). The fraction of sp³-hybridized carbons (Fsp3) is 0.800. The Hall–Kier alpha value is -1.06. The van der Waals surface area contributed by atoms with Gasteiger partial charge in [-0.3, -0.25) is 9.59 Å². The van der Waals surface area contributed by atoms with Crippen LogP contribution in [0.1, 0.15) is 26.7 Å². The lowest BCUT2D eigenvalue weighted by atomic mass is 10.1. The Morgan fingerprint density at radius 2 is 2.14 bits per heavy atom. The van der Waals surface area contributed by atoms with E-state index >= 15 is 0 Å². The molecule has 80 valence electrons.